The Morgan fingerprint density at radius 1 is 0.853 bits per heavy atom. The van der Waals surface area contributed by atoms with E-state index < -0.39 is 11.1 Å². The number of hydrogen-bond acceptors (Lipinski definition) is 4. The zero-order valence-corrected chi connectivity index (χ0v) is 20.0. The standard InChI is InChI=1S/C28H30F2N2O2/c1-27(2)15-23(28(3,4)32(27)34)18-31-16-21(13-19-5-9-24(29)10-6-19)26(33)22(17-31)14-20-7-11-25(30)12-8-20/h5-15,34H,16-18H2,1-4H3/b21-13-,22-14+. The van der Waals surface area contributed by atoms with Crippen molar-refractivity contribution in [3.05, 3.63) is 94.1 Å². The lowest BCUT2D eigenvalue weighted by atomic mass is 9.91. The highest BCUT2D eigenvalue weighted by Crippen LogP contribution is 2.39. The van der Waals surface area contributed by atoms with Gasteiger partial charge in [0.1, 0.15) is 11.6 Å². The fraction of sp³-hybridized carbons (Fsp3) is 0.321. The van der Waals surface area contributed by atoms with Gasteiger partial charge in [-0.15, -0.1) is 0 Å². The summed E-state index contributed by atoms with van der Waals surface area (Å²) in [5, 5.41) is 12.1. The molecule has 0 spiro atoms. The summed E-state index contributed by atoms with van der Waals surface area (Å²) in [6.45, 7) is 9.30. The number of rotatable bonds is 4. The quantitative estimate of drug-likeness (QED) is 0.479. The first-order valence-corrected chi connectivity index (χ1v) is 11.4. The number of nitrogens with zero attached hydrogens (tertiary/aromatic N) is 2. The molecule has 0 aliphatic carbocycles. The van der Waals surface area contributed by atoms with Crippen molar-refractivity contribution in [1.29, 1.82) is 0 Å². The molecule has 0 atom stereocenters. The maximum Gasteiger partial charge on any atom is 0.187 e. The van der Waals surface area contributed by atoms with Gasteiger partial charge in [-0.2, -0.15) is 5.06 Å². The highest BCUT2D eigenvalue weighted by atomic mass is 19.1. The number of benzene rings is 2. The molecule has 0 bridgehead atoms. The number of piperidine rings is 1. The Hall–Kier alpha value is -2.93. The molecule has 2 heterocycles. The first-order valence-electron chi connectivity index (χ1n) is 11.4. The van der Waals surface area contributed by atoms with Crippen LogP contribution in [0.2, 0.25) is 0 Å². The second kappa shape index (κ2) is 9.02. The molecule has 6 heteroatoms. The van der Waals surface area contributed by atoms with Crippen LogP contribution in [0.25, 0.3) is 12.2 Å². The van der Waals surface area contributed by atoms with Crippen LogP contribution in [-0.4, -0.2) is 51.7 Å². The average Bonchev–Trinajstić information content (AvgIpc) is 2.93. The molecule has 4 rings (SSSR count). The van der Waals surface area contributed by atoms with Crippen LogP contribution in [0.3, 0.4) is 0 Å². The van der Waals surface area contributed by atoms with Gasteiger partial charge in [-0.25, -0.2) is 8.78 Å². The Morgan fingerprint density at radius 3 is 1.68 bits per heavy atom. The minimum absolute atomic E-state index is 0.0753. The van der Waals surface area contributed by atoms with E-state index in [9.17, 15) is 18.8 Å². The van der Waals surface area contributed by atoms with Crippen molar-refractivity contribution in [2.24, 2.45) is 0 Å². The highest BCUT2D eigenvalue weighted by molar-refractivity contribution is 6.14. The second-order valence-corrected chi connectivity index (χ2v) is 10.1. The van der Waals surface area contributed by atoms with Gasteiger partial charge in [0.15, 0.2) is 5.78 Å². The summed E-state index contributed by atoms with van der Waals surface area (Å²) < 4.78 is 26.7. The SMILES string of the molecule is CC1(C)C=C(CN2C/C(=C/c3ccc(F)cc3)C(=O)/C(=C/c3ccc(F)cc3)C2)C(C)(C)N1O. The average molecular weight is 465 g/mol. The molecular weight excluding hydrogens is 434 g/mol. The fourth-order valence-corrected chi connectivity index (χ4v) is 4.74. The number of likely N-dealkylation sites (tertiary alicyclic amines) is 1. The van der Waals surface area contributed by atoms with Gasteiger partial charge in [0.25, 0.3) is 0 Å². The predicted molar refractivity (Wildman–Crippen MR) is 130 cm³/mol. The van der Waals surface area contributed by atoms with Crippen LogP contribution in [-0.2, 0) is 4.79 Å². The van der Waals surface area contributed by atoms with Crippen molar-refractivity contribution in [2.75, 3.05) is 19.6 Å². The lowest BCUT2D eigenvalue weighted by molar-refractivity contribution is -0.185. The molecule has 34 heavy (non-hydrogen) atoms. The van der Waals surface area contributed by atoms with Crippen molar-refractivity contribution in [1.82, 2.24) is 9.96 Å². The van der Waals surface area contributed by atoms with E-state index in [1.807, 2.05) is 27.7 Å². The summed E-state index contributed by atoms with van der Waals surface area (Å²) in [7, 11) is 0. The van der Waals surface area contributed by atoms with E-state index in [-0.39, 0.29) is 17.4 Å². The number of ketones is 1. The molecule has 2 aromatic rings. The molecule has 2 aliphatic rings. The number of carbonyl (C=O) groups is 1. The molecule has 0 radical (unpaired) electrons. The van der Waals surface area contributed by atoms with Gasteiger partial charge >= 0.3 is 0 Å². The number of Topliss-reactive ketones (excluding diaryl/α,β-unsaturated/α-hetero) is 1. The van der Waals surface area contributed by atoms with Crippen LogP contribution in [0, 0.1) is 11.6 Å². The molecule has 0 amide bonds. The van der Waals surface area contributed by atoms with Crippen molar-refractivity contribution >= 4 is 17.9 Å². The van der Waals surface area contributed by atoms with Gasteiger partial charge in [-0.3, -0.25) is 9.69 Å². The number of carbonyl (C=O) groups excluding carboxylic acids is 1. The van der Waals surface area contributed by atoms with E-state index in [2.05, 4.69) is 11.0 Å². The maximum atomic E-state index is 13.4. The zero-order valence-electron chi connectivity index (χ0n) is 20.0. The number of halogens is 2. The van der Waals surface area contributed by atoms with E-state index in [0.29, 0.717) is 30.8 Å². The summed E-state index contributed by atoms with van der Waals surface area (Å²) in [6, 6.07) is 12.1. The summed E-state index contributed by atoms with van der Waals surface area (Å²) >= 11 is 0. The van der Waals surface area contributed by atoms with Gasteiger partial charge in [-0.1, -0.05) is 30.3 Å². The van der Waals surface area contributed by atoms with Crippen LogP contribution in [0.4, 0.5) is 8.78 Å². The van der Waals surface area contributed by atoms with Gasteiger partial charge in [0.2, 0.25) is 0 Å². The molecule has 1 saturated heterocycles. The molecular formula is C28H30F2N2O2. The largest absolute Gasteiger partial charge is 0.312 e. The maximum absolute atomic E-state index is 13.4. The topological polar surface area (TPSA) is 43.8 Å². The molecule has 1 N–H and O–H groups in total. The van der Waals surface area contributed by atoms with E-state index in [1.54, 1.807) is 36.4 Å². The third-order valence-electron chi connectivity index (χ3n) is 6.58. The van der Waals surface area contributed by atoms with Crippen LogP contribution in [0.5, 0.6) is 0 Å². The predicted octanol–water partition coefficient (Wildman–Crippen LogP) is 5.50. The smallest absolute Gasteiger partial charge is 0.187 e. The fourth-order valence-electron chi connectivity index (χ4n) is 4.74. The Morgan fingerprint density at radius 2 is 1.29 bits per heavy atom. The summed E-state index contributed by atoms with van der Waals surface area (Å²) in [4.78, 5) is 15.5. The monoisotopic (exact) mass is 464 g/mol. The van der Waals surface area contributed by atoms with Crippen molar-refractivity contribution < 1.29 is 18.8 Å². The molecule has 2 aromatic carbocycles. The summed E-state index contributed by atoms with van der Waals surface area (Å²) in [6.07, 6.45) is 5.67. The van der Waals surface area contributed by atoms with Crippen molar-refractivity contribution in [3.8, 4) is 0 Å². The molecule has 0 saturated carbocycles. The van der Waals surface area contributed by atoms with Crippen molar-refractivity contribution in [2.45, 2.75) is 38.8 Å². The van der Waals surface area contributed by atoms with Crippen LogP contribution >= 0.6 is 0 Å². The van der Waals surface area contributed by atoms with E-state index in [1.165, 1.54) is 29.3 Å². The normalized spacial score (nSPS) is 23.0. The Balaban J connectivity index is 1.69. The van der Waals surface area contributed by atoms with Crippen molar-refractivity contribution in [3.63, 3.8) is 0 Å². The lowest BCUT2D eigenvalue weighted by Gasteiger charge is -2.38. The summed E-state index contributed by atoms with van der Waals surface area (Å²) in [5.41, 5.74) is 2.71. The first-order chi connectivity index (χ1) is 16.0. The number of hydrogen-bond donors (Lipinski definition) is 1. The van der Waals surface area contributed by atoms with Crippen LogP contribution < -0.4 is 0 Å². The lowest BCUT2D eigenvalue weighted by Crippen LogP contribution is -2.49. The van der Waals surface area contributed by atoms with E-state index in [4.69, 9.17) is 0 Å². The highest BCUT2D eigenvalue weighted by Gasteiger charge is 2.45. The Bertz CT molecular complexity index is 1110. The minimum Gasteiger partial charge on any atom is -0.312 e. The zero-order chi connectivity index (χ0) is 24.7. The van der Waals surface area contributed by atoms with E-state index in [0.717, 1.165) is 16.7 Å². The summed E-state index contributed by atoms with van der Waals surface area (Å²) in [5.74, 6) is -0.738. The Labute approximate surface area is 199 Å². The van der Waals surface area contributed by atoms with Crippen LogP contribution in [0.1, 0.15) is 38.8 Å². The van der Waals surface area contributed by atoms with Gasteiger partial charge < -0.3 is 5.21 Å². The molecule has 0 unspecified atom stereocenters. The third-order valence-corrected chi connectivity index (χ3v) is 6.58. The molecule has 0 aromatic heterocycles. The van der Waals surface area contributed by atoms with Gasteiger partial charge in [-0.05, 0) is 80.8 Å². The minimum atomic E-state index is -0.549. The Kier molecular flexibility index (Phi) is 6.42. The van der Waals surface area contributed by atoms with Gasteiger partial charge in [0.05, 0.1) is 11.1 Å². The molecule has 1 fully saturated rings. The molecule has 4 nitrogen and oxygen atoms in total. The molecule has 2 aliphatic heterocycles. The van der Waals surface area contributed by atoms with Crippen LogP contribution in [0.15, 0.2) is 71.3 Å². The molecule has 178 valence electrons. The first kappa shape index (κ1) is 24.2. The van der Waals surface area contributed by atoms with E-state index >= 15 is 0 Å². The second-order valence-electron chi connectivity index (χ2n) is 10.1. The van der Waals surface area contributed by atoms with Gasteiger partial charge in [0, 0.05) is 30.8 Å². The number of hydroxylamine groups is 2. The third kappa shape index (κ3) is 4.94.